The molecule has 76 valence electrons. The zero-order valence-corrected chi connectivity index (χ0v) is 8.20. The molecule has 0 unspecified atom stereocenters. The number of hydrogen-bond acceptors (Lipinski definition) is 3. The molecule has 0 heterocycles. The second kappa shape index (κ2) is 5.36. The van der Waals surface area contributed by atoms with Crippen LogP contribution >= 0.6 is 0 Å². The number of likely N-dealkylation sites (N-methyl/N-ethyl adjacent to an activating group) is 2. The van der Waals surface area contributed by atoms with Crippen molar-refractivity contribution >= 4 is 11.9 Å². The molecule has 0 atom stereocenters. The first kappa shape index (κ1) is 11.7. The molecule has 0 saturated carbocycles. The SMILES string of the molecule is CCN(CC(=O)N(C)C)C(=O)NN. The monoisotopic (exact) mass is 188 g/mol. The van der Waals surface area contributed by atoms with E-state index < -0.39 is 6.03 Å². The van der Waals surface area contributed by atoms with Crippen molar-refractivity contribution in [3.8, 4) is 0 Å². The third-order valence-electron chi connectivity index (χ3n) is 1.62. The first-order valence-electron chi connectivity index (χ1n) is 3.98. The third kappa shape index (κ3) is 3.75. The van der Waals surface area contributed by atoms with Crippen molar-refractivity contribution in [3.63, 3.8) is 0 Å². The van der Waals surface area contributed by atoms with Crippen LogP contribution in [-0.4, -0.2) is 48.9 Å². The smallest absolute Gasteiger partial charge is 0.331 e. The maximum Gasteiger partial charge on any atom is 0.331 e. The Morgan fingerprint density at radius 3 is 2.23 bits per heavy atom. The van der Waals surface area contributed by atoms with E-state index in [1.807, 2.05) is 5.43 Å². The lowest BCUT2D eigenvalue weighted by molar-refractivity contribution is -0.129. The molecular formula is C7H16N4O2. The summed E-state index contributed by atoms with van der Waals surface area (Å²) in [7, 11) is 3.27. The first-order chi connectivity index (χ1) is 6.02. The normalized spacial score (nSPS) is 9.23. The van der Waals surface area contributed by atoms with Gasteiger partial charge in [0.1, 0.15) is 6.54 Å². The van der Waals surface area contributed by atoms with Crippen molar-refractivity contribution in [2.45, 2.75) is 6.92 Å². The Morgan fingerprint density at radius 2 is 1.92 bits per heavy atom. The van der Waals surface area contributed by atoms with Gasteiger partial charge >= 0.3 is 6.03 Å². The van der Waals surface area contributed by atoms with Gasteiger partial charge in [-0.05, 0) is 6.92 Å². The summed E-state index contributed by atoms with van der Waals surface area (Å²) in [4.78, 5) is 25.0. The van der Waals surface area contributed by atoms with Gasteiger partial charge in [-0.3, -0.25) is 10.2 Å². The molecule has 0 rings (SSSR count). The Kier molecular flexibility index (Phi) is 4.83. The van der Waals surface area contributed by atoms with Crippen LogP contribution in [0.4, 0.5) is 4.79 Å². The van der Waals surface area contributed by atoms with Crippen molar-refractivity contribution in [3.05, 3.63) is 0 Å². The van der Waals surface area contributed by atoms with E-state index >= 15 is 0 Å². The highest BCUT2D eigenvalue weighted by molar-refractivity contribution is 5.83. The van der Waals surface area contributed by atoms with E-state index in [9.17, 15) is 9.59 Å². The molecule has 6 nitrogen and oxygen atoms in total. The summed E-state index contributed by atoms with van der Waals surface area (Å²) in [5.74, 6) is 4.80. The number of carbonyl (C=O) groups excluding carboxylic acids is 2. The highest BCUT2D eigenvalue weighted by atomic mass is 16.2. The quantitative estimate of drug-likeness (QED) is 0.338. The molecular weight excluding hydrogens is 172 g/mol. The fourth-order valence-corrected chi connectivity index (χ4v) is 0.723. The van der Waals surface area contributed by atoms with Gasteiger partial charge < -0.3 is 9.80 Å². The van der Waals surface area contributed by atoms with Crippen LogP contribution in [-0.2, 0) is 4.79 Å². The summed E-state index contributed by atoms with van der Waals surface area (Å²) in [6, 6.07) is -0.447. The number of hydrazine groups is 1. The predicted molar refractivity (Wildman–Crippen MR) is 48.7 cm³/mol. The second-order valence-electron chi connectivity index (χ2n) is 2.75. The number of nitrogens with one attached hydrogen (secondary N) is 1. The molecule has 13 heavy (non-hydrogen) atoms. The van der Waals surface area contributed by atoms with Crippen LogP contribution < -0.4 is 11.3 Å². The highest BCUT2D eigenvalue weighted by Crippen LogP contribution is 1.90. The summed E-state index contributed by atoms with van der Waals surface area (Å²) < 4.78 is 0. The molecule has 0 fully saturated rings. The summed E-state index contributed by atoms with van der Waals surface area (Å²) in [5.41, 5.74) is 1.98. The molecule has 0 radical (unpaired) electrons. The number of hydrogen-bond donors (Lipinski definition) is 2. The lowest BCUT2D eigenvalue weighted by atomic mass is 10.4. The van der Waals surface area contributed by atoms with Crippen LogP contribution in [0.3, 0.4) is 0 Å². The molecule has 0 saturated heterocycles. The Morgan fingerprint density at radius 1 is 1.38 bits per heavy atom. The standard InChI is InChI=1S/C7H16N4O2/c1-4-11(7(13)9-8)5-6(12)10(2)3/h4-5,8H2,1-3H3,(H,9,13). The molecule has 0 aromatic heterocycles. The van der Waals surface area contributed by atoms with E-state index in [0.717, 1.165) is 0 Å². The van der Waals surface area contributed by atoms with E-state index in [4.69, 9.17) is 5.84 Å². The van der Waals surface area contributed by atoms with Crippen LogP contribution in [0.15, 0.2) is 0 Å². The van der Waals surface area contributed by atoms with Crippen molar-refractivity contribution in [2.75, 3.05) is 27.2 Å². The summed E-state index contributed by atoms with van der Waals surface area (Å²) in [5, 5.41) is 0. The molecule has 3 amide bonds. The molecule has 0 aromatic carbocycles. The Bertz CT molecular complexity index is 193. The average Bonchev–Trinajstić information content (AvgIpc) is 2.12. The molecule has 0 aliphatic carbocycles. The molecule has 0 aliphatic rings. The van der Waals surface area contributed by atoms with E-state index in [-0.39, 0.29) is 12.5 Å². The van der Waals surface area contributed by atoms with E-state index in [0.29, 0.717) is 6.54 Å². The summed E-state index contributed by atoms with van der Waals surface area (Å²) in [6.07, 6.45) is 0. The minimum Gasteiger partial charge on any atom is -0.347 e. The molecule has 6 heteroatoms. The van der Waals surface area contributed by atoms with Gasteiger partial charge in [-0.1, -0.05) is 0 Å². The lowest BCUT2D eigenvalue weighted by Gasteiger charge is -2.21. The van der Waals surface area contributed by atoms with E-state index in [1.165, 1.54) is 9.80 Å². The van der Waals surface area contributed by atoms with E-state index in [2.05, 4.69) is 0 Å². The lowest BCUT2D eigenvalue weighted by Crippen LogP contribution is -2.47. The molecule has 0 spiro atoms. The van der Waals surface area contributed by atoms with Gasteiger partial charge in [0.05, 0.1) is 0 Å². The number of rotatable bonds is 3. The van der Waals surface area contributed by atoms with Crippen LogP contribution in [0.5, 0.6) is 0 Å². The zero-order valence-electron chi connectivity index (χ0n) is 8.20. The van der Waals surface area contributed by atoms with Crippen molar-refractivity contribution in [1.82, 2.24) is 15.2 Å². The van der Waals surface area contributed by atoms with Crippen molar-refractivity contribution in [1.29, 1.82) is 0 Å². The van der Waals surface area contributed by atoms with Gasteiger partial charge in [0.15, 0.2) is 0 Å². The predicted octanol–water partition coefficient (Wildman–Crippen LogP) is -1.02. The van der Waals surface area contributed by atoms with E-state index in [1.54, 1.807) is 21.0 Å². The maximum absolute atomic E-state index is 11.2. The molecule has 3 N–H and O–H groups in total. The van der Waals surface area contributed by atoms with Gasteiger partial charge in [-0.25, -0.2) is 10.6 Å². The largest absolute Gasteiger partial charge is 0.347 e. The minimum absolute atomic E-state index is 0.0481. The second-order valence-corrected chi connectivity index (χ2v) is 2.75. The maximum atomic E-state index is 11.2. The fourth-order valence-electron chi connectivity index (χ4n) is 0.723. The summed E-state index contributed by atoms with van der Waals surface area (Å²) in [6.45, 7) is 2.27. The molecule has 0 aromatic rings. The van der Waals surface area contributed by atoms with Gasteiger partial charge in [0.2, 0.25) is 5.91 Å². The highest BCUT2D eigenvalue weighted by Gasteiger charge is 2.14. The number of urea groups is 1. The van der Waals surface area contributed by atoms with Crippen LogP contribution in [0.25, 0.3) is 0 Å². The number of amides is 3. The number of carbonyl (C=O) groups is 2. The topological polar surface area (TPSA) is 78.7 Å². The van der Waals surface area contributed by atoms with Crippen molar-refractivity contribution in [2.24, 2.45) is 5.84 Å². The molecule has 0 bridgehead atoms. The van der Waals surface area contributed by atoms with Crippen molar-refractivity contribution < 1.29 is 9.59 Å². The van der Waals surface area contributed by atoms with Gasteiger partial charge in [-0.2, -0.15) is 0 Å². The minimum atomic E-state index is -0.447. The summed E-state index contributed by atoms with van der Waals surface area (Å²) >= 11 is 0. The number of nitrogens with two attached hydrogens (primary N) is 1. The fraction of sp³-hybridized carbons (Fsp3) is 0.714. The van der Waals surface area contributed by atoms with Gasteiger partial charge in [0.25, 0.3) is 0 Å². The Labute approximate surface area is 77.6 Å². The van der Waals surface area contributed by atoms with Crippen LogP contribution in [0, 0.1) is 0 Å². The van der Waals surface area contributed by atoms with Gasteiger partial charge in [-0.15, -0.1) is 0 Å². The number of nitrogens with zero attached hydrogens (tertiary/aromatic N) is 2. The van der Waals surface area contributed by atoms with Gasteiger partial charge in [0, 0.05) is 20.6 Å². The van der Waals surface area contributed by atoms with Crippen LogP contribution in [0.1, 0.15) is 6.92 Å². The Balaban J connectivity index is 4.13. The zero-order chi connectivity index (χ0) is 10.4. The third-order valence-corrected chi connectivity index (χ3v) is 1.62. The average molecular weight is 188 g/mol. The first-order valence-corrected chi connectivity index (χ1v) is 3.98. The van der Waals surface area contributed by atoms with Crippen LogP contribution in [0.2, 0.25) is 0 Å². The molecule has 0 aliphatic heterocycles. The Hall–Kier alpha value is -1.30.